The number of carbonyl (C=O) groups is 1. The van der Waals surface area contributed by atoms with Gasteiger partial charge in [0.15, 0.2) is 12.1 Å². The summed E-state index contributed by atoms with van der Waals surface area (Å²) < 4.78 is 10.4. The normalized spacial score (nSPS) is 21.0. The van der Waals surface area contributed by atoms with Crippen LogP contribution in [0.4, 0.5) is 0 Å². The molecule has 4 atom stereocenters. The van der Waals surface area contributed by atoms with Crippen molar-refractivity contribution in [3.8, 4) is 0 Å². The molecular formula is C5H11O8P. The highest BCUT2D eigenvalue weighted by Gasteiger charge is 2.39. The Hall–Kier alpha value is -0.340. The van der Waals surface area contributed by atoms with Gasteiger partial charge < -0.3 is 35.0 Å². The molecule has 0 spiro atoms. The fourth-order valence-electron chi connectivity index (χ4n) is 0.658. The number of rotatable bonds is 5. The zero-order valence-electron chi connectivity index (χ0n) is 6.83. The summed E-state index contributed by atoms with van der Waals surface area (Å²) in [7, 11) is -5.00. The van der Waals surface area contributed by atoms with Crippen LogP contribution in [0.3, 0.4) is 0 Å². The molecule has 8 nitrogen and oxygen atoms in total. The average Bonchev–Trinajstić information content (AvgIpc) is 2.11. The van der Waals surface area contributed by atoms with E-state index in [1.165, 1.54) is 0 Å². The van der Waals surface area contributed by atoms with Crippen molar-refractivity contribution in [3.05, 3.63) is 0 Å². The SMILES string of the molecule is O=CC(O)C(O)C(O)C(O)P(=O)(O)O. The van der Waals surface area contributed by atoms with Crippen LogP contribution < -0.4 is 0 Å². The molecule has 0 aromatic carbocycles. The maximum atomic E-state index is 10.4. The lowest BCUT2D eigenvalue weighted by Gasteiger charge is -2.24. The molecule has 9 heteroatoms. The predicted molar refractivity (Wildman–Crippen MR) is 42.1 cm³/mol. The Kier molecular flexibility index (Phi) is 4.82. The second kappa shape index (κ2) is 4.94. The highest BCUT2D eigenvalue weighted by Crippen LogP contribution is 2.41. The Morgan fingerprint density at radius 1 is 1.00 bits per heavy atom. The Morgan fingerprint density at radius 3 is 1.71 bits per heavy atom. The van der Waals surface area contributed by atoms with Gasteiger partial charge in [-0.15, -0.1) is 0 Å². The maximum absolute atomic E-state index is 10.4. The van der Waals surface area contributed by atoms with Gasteiger partial charge in [-0.25, -0.2) is 0 Å². The van der Waals surface area contributed by atoms with E-state index in [1.807, 2.05) is 0 Å². The first kappa shape index (κ1) is 13.7. The number of aldehydes is 1. The molecule has 0 amide bonds. The second-order valence-electron chi connectivity index (χ2n) is 2.61. The Bertz CT molecular complexity index is 236. The second-order valence-corrected chi connectivity index (χ2v) is 4.32. The van der Waals surface area contributed by atoms with Crippen LogP contribution in [0.15, 0.2) is 0 Å². The molecule has 4 unspecified atom stereocenters. The highest BCUT2D eigenvalue weighted by molar-refractivity contribution is 7.52. The average molecular weight is 230 g/mol. The summed E-state index contributed by atoms with van der Waals surface area (Å²) in [5.74, 6) is -2.55. The van der Waals surface area contributed by atoms with Gasteiger partial charge in [-0.3, -0.25) is 4.57 Å². The van der Waals surface area contributed by atoms with E-state index in [-0.39, 0.29) is 6.29 Å². The van der Waals surface area contributed by atoms with Gasteiger partial charge in [0.1, 0.15) is 18.3 Å². The quantitative estimate of drug-likeness (QED) is 0.212. The van der Waals surface area contributed by atoms with Crippen molar-refractivity contribution in [1.29, 1.82) is 0 Å². The summed E-state index contributed by atoms with van der Waals surface area (Å²) in [5, 5.41) is 35.2. The predicted octanol–water partition coefficient (Wildman–Crippen LogP) is -3.24. The van der Waals surface area contributed by atoms with Crippen molar-refractivity contribution < 1.29 is 39.6 Å². The van der Waals surface area contributed by atoms with E-state index in [0.29, 0.717) is 0 Å². The van der Waals surface area contributed by atoms with Crippen molar-refractivity contribution in [2.24, 2.45) is 0 Å². The third-order valence-electron chi connectivity index (χ3n) is 1.49. The van der Waals surface area contributed by atoms with E-state index >= 15 is 0 Å². The first-order chi connectivity index (χ1) is 6.21. The lowest BCUT2D eigenvalue weighted by atomic mass is 10.1. The van der Waals surface area contributed by atoms with Crippen molar-refractivity contribution >= 4 is 13.9 Å². The fourth-order valence-corrected chi connectivity index (χ4v) is 1.23. The molecule has 0 radical (unpaired) electrons. The smallest absolute Gasteiger partial charge is 0.356 e. The van der Waals surface area contributed by atoms with Gasteiger partial charge in [-0.2, -0.15) is 0 Å². The summed E-state index contributed by atoms with van der Waals surface area (Å²) in [6.07, 6.45) is -6.63. The monoisotopic (exact) mass is 230 g/mol. The van der Waals surface area contributed by atoms with Crippen LogP contribution >= 0.6 is 7.60 Å². The van der Waals surface area contributed by atoms with E-state index in [4.69, 9.17) is 30.2 Å². The highest BCUT2D eigenvalue weighted by atomic mass is 31.2. The number of aliphatic hydroxyl groups excluding tert-OH is 4. The molecule has 0 aromatic rings. The molecule has 0 bridgehead atoms. The Labute approximate surface area is 78.6 Å². The Morgan fingerprint density at radius 2 is 1.43 bits per heavy atom. The van der Waals surface area contributed by atoms with E-state index in [2.05, 4.69) is 0 Å². The van der Waals surface area contributed by atoms with Crippen LogP contribution in [0.25, 0.3) is 0 Å². The van der Waals surface area contributed by atoms with Crippen LogP contribution in [0, 0.1) is 0 Å². The molecule has 0 saturated carbocycles. The summed E-state index contributed by atoms with van der Waals surface area (Å²) in [6.45, 7) is 0. The van der Waals surface area contributed by atoms with E-state index < -0.39 is 31.8 Å². The third kappa shape index (κ3) is 3.43. The molecular weight excluding hydrogens is 219 g/mol. The van der Waals surface area contributed by atoms with Gasteiger partial charge >= 0.3 is 7.60 Å². The summed E-state index contributed by atoms with van der Waals surface area (Å²) in [4.78, 5) is 26.7. The molecule has 84 valence electrons. The topological polar surface area (TPSA) is 156 Å². The minimum atomic E-state index is -5.00. The molecule has 0 heterocycles. The molecule has 6 N–H and O–H groups in total. The summed E-state index contributed by atoms with van der Waals surface area (Å²) in [5.41, 5.74) is 0. The third-order valence-corrected chi connectivity index (χ3v) is 2.48. The lowest BCUT2D eigenvalue weighted by molar-refractivity contribution is -0.130. The minimum absolute atomic E-state index is 0.139. The van der Waals surface area contributed by atoms with Crippen molar-refractivity contribution in [1.82, 2.24) is 0 Å². The van der Waals surface area contributed by atoms with Gasteiger partial charge in [-0.05, 0) is 0 Å². The van der Waals surface area contributed by atoms with Crippen LogP contribution in [-0.4, -0.2) is 60.7 Å². The molecule has 0 aliphatic heterocycles. The molecule has 0 aliphatic carbocycles. The van der Waals surface area contributed by atoms with Crippen molar-refractivity contribution in [2.75, 3.05) is 0 Å². The zero-order valence-corrected chi connectivity index (χ0v) is 7.73. The molecule has 0 aliphatic rings. The first-order valence-corrected chi connectivity index (χ1v) is 5.12. The lowest BCUT2D eigenvalue weighted by Crippen LogP contribution is -2.44. The van der Waals surface area contributed by atoms with Gasteiger partial charge in [0.25, 0.3) is 0 Å². The van der Waals surface area contributed by atoms with E-state index in [1.54, 1.807) is 0 Å². The van der Waals surface area contributed by atoms with Crippen LogP contribution in [0.2, 0.25) is 0 Å². The molecule has 0 aromatic heterocycles. The van der Waals surface area contributed by atoms with Gasteiger partial charge in [-0.1, -0.05) is 0 Å². The van der Waals surface area contributed by atoms with Crippen LogP contribution in [-0.2, 0) is 9.36 Å². The van der Waals surface area contributed by atoms with E-state index in [0.717, 1.165) is 0 Å². The minimum Gasteiger partial charge on any atom is -0.387 e. The van der Waals surface area contributed by atoms with Gasteiger partial charge in [0.2, 0.25) is 0 Å². The van der Waals surface area contributed by atoms with Gasteiger partial charge in [0.05, 0.1) is 0 Å². The van der Waals surface area contributed by atoms with Crippen molar-refractivity contribution in [3.63, 3.8) is 0 Å². The van der Waals surface area contributed by atoms with Crippen LogP contribution in [0.1, 0.15) is 0 Å². The van der Waals surface area contributed by atoms with Crippen LogP contribution in [0.5, 0.6) is 0 Å². The zero-order chi connectivity index (χ0) is 11.5. The summed E-state index contributed by atoms with van der Waals surface area (Å²) in [6, 6.07) is 0. The summed E-state index contributed by atoms with van der Waals surface area (Å²) >= 11 is 0. The fraction of sp³-hybridized carbons (Fsp3) is 0.800. The molecule has 0 rings (SSSR count). The molecule has 0 saturated heterocycles. The largest absolute Gasteiger partial charge is 0.387 e. The Balaban J connectivity index is 4.54. The van der Waals surface area contributed by atoms with Gasteiger partial charge in [0, 0.05) is 0 Å². The van der Waals surface area contributed by atoms with E-state index in [9.17, 15) is 9.36 Å². The number of hydrogen-bond donors (Lipinski definition) is 6. The molecule has 14 heavy (non-hydrogen) atoms. The molecule has 0 fully saturated rings. The number of carbonyl (C=O) groups excluding carboxylic acids is 1. The van der Waals surface area contributed by atoms with Crippen molar-refractivity contribution in [2.45, 2.75) is 24.2 Å². The number of hydrogen-bond acceptors (Lipinski definition) is 6. The first-order valence-electron chi connectivity index (χ1n) is 3.44. The maximum Gasteiger partial charge on any atom is 0.356 e. The standard InChI is InChI=1S/C5H11O8P/c6-1-2(7)3(8)4(9)5(10)14(11,12)13/h1-5,7-10H,(H2,11,12,13). The number of aliphatic hydroxyl groups is 4.